The number of nitrogens with zero attached hydrogens (tertiary/aromatic N) is 2. The van der Waals surface area contributed by atoms with E-state index in [0.717, 1.165) is 13.0 Å². The topological polar surface area (TPSA) is 27.0 Å². The molecule has 0 heterocycles. The lowest BCUT2D eigenvalue weighted by Crippen LogP contribution is -2.27. The zero-order chi connectivity index (χ0) is 10.6. The first-order valence-electron chi connectivity index (χ1n) is 5.94. The van der Waals surface area contributed by atoms with Crippen LogP contribution in [0.1, 0.15) is 52.4 Å². The summed E-state index contributed by atoms with van der Waals surface area (Å²) in [6.07, 6.45) is 6.84. The van der Waals surface area contributed by atoms with Crippen LogP contribution in [0.4, 0.5) is 0 Å². The van der Waals surface area contributed by atoms with Crippen LogP contribution < -0.4 is 0 Å². The molecule has 0 aromatic carbocycles. The highest BCUT2D eigenvalue weighted by Gasteiger charge is 2.02. The van der Waals surface area contributed by atoms with Crippen LogP contribution in [0.25, 0.3) is 0 Å². The molecule has 0 bridgehead atoms. The van der Waals surface area contributed by atoms with Crippen molar-refractivity contribution in [2.24, 2.45) is 0 Å². The second kappa shape index (κ2) is 10.5. The zero-order valence-corrected chi connectivity index (χ0v) is 9.76. The predicted octanol–water partition coefficient (Wildman–Crippen LogP) is 3.19. The molecular formula is C12H24N2. The molecule has 0 radical (unpaired) electrons. The number of hydrogen-bond acceptors (Lipinski definition) is 2. The fourth-order valence-corrected chi connectivity index (χ4v) is 1.48. The molecule has 0 aliphatic heterocycles. The van der Waals surface area contributed by atoms with Crippen molar-refractivity contribution in [3.8, 4) is 6.07 Å². The van der Waals surface area contributed by atoms with Gasteiger partial charge in [-0.3, -0.25) is 0 Å². The van der Waals surface area contributed by atoms with E-state index in [-0.39, 0.29) is 0 Å². The smallest absolute Gasteiger partial charge is 0.0622 e. The molecule has 0 N–H and O–H groups in total. The maximum absolute atomic E-state index is 8.46. The van der Waals surface area contributed by atoms with Crippen molar-refractivity contribution >= 4 is 0 Å². The van der Waals surface area contributed by atoms with Crippen LogP contribution in [0.15, 0.2) is 0 Å². The van der Waals surface area contributed by atoms with Crippen LogP contribution in [0.3, 0.4) is 0 Å². The van der Waals surface area contributed by atoms with Gasteiger partial charge >= 0.3 is 0 Å². The Morgan fingerprint density at radius 1 is 0.929 bits per heavy atom. The predicted molar refractivity (Wildman–Crippen MR) is 61.1 cm³/mol. The van der Waals surface area contributed by atoms with Gasteiger partial charge in [-0.05, 0) is 38.9 Å². The Kier molecular flexibility index (Phi) is 10.1. The zero-order valence-electron chi connectivity index (χ0n) is 9.76. The molecule has 0 aromatic heterocycles. The van der Waals surface area contributed by atoms with Crippen LogP contribution >= 0.6 is 0 Å². The Balaban J connectivity index is 3.56. The van der Waals surface area contributed by atoms with Crippen molar-refractivity contribution in [3.63, 3.8) is 0 Å². The van der Waals surface area contributed by atoms with Gasteiger partial charge in [-0.15, -0.1) is 0 Å². The third-order valence-corrected chi connectivity index (χ3v) is 2.42. The number of hydrogen-bond donors (Lipinski definition) is 0. The lowest BCUT2D eigenvalue weighted by Gasteiger charge is -2.21. The average Bonchev–Trinajstić information content (AvgIpc) is 2.21. The van der Waals surface area contributed by atoms with Gasteiger partial charge in [0, 0.05) is 6.42 Å². The lowest BCUT2D eigenvalue weighted by atomic mass is 10.2. The van der Waals surface area contributed by atoms with Crippen LogP contribution in [-0.2, 0) is 0 Å². The number of nitriles is 1. The van der Waals surface area contributed by atoms with E-state index in [0.29, 0.717) is 6.42 Å². The van der Waals surface area contributed by atoms with Crippen molar-refractivity contribution in [2.75, 3.05) is 19.6 Å². The Hall–Kier alpha value is -0.550. The standard InChI is InChI=1S/C12H24N2/c1-3-5-10-14(11-6-4-2)12-8-7-9-13/h3-8,10-12H2,1-2H3. The minimum Gasteiger partial charge on any atom is -0.303 e. The van der Waals surface area contributed by atoms with Gasteiger partial charge in [0.1, 0.15) is 0 Å². The highest BCUT2D eigenvalue weighted by molar-refractivity contribution is 4.70. The Morgan fingerprint density at radius 3 is 1.86 bits per heavy atom. The first-order chi connectivity index (χ1) is 6.85. The van der Waals surface area contributed by atoms with Gasteiger partial charge in [0.25, 0.3) is 0 Å². The first-order valence-corrected chi connectivity index (χ1v) is 5.94. The third kappa shape index (κ3) is 8.07. The lowest BCUT2D eigenvalue weighted by molar-refractivity contribution is 0.263. The maximum atomic E-state index is 8.46. The molecule has 2 heteroatoms. The Bertz CT molecular complexity index is 141. The Labute approximate surface area is 88.9 Å². The number of unbranched alkanes of at least 4 members (excludes halogenated alkanes) is 3. The van der Waals surface area contributed by atoms with Crippen molar-refractivity contribution in [3.05, 3.63) is 0 Å². The van der Waals surface area contributed by atoms with Gasteiger partial charge < -0.3 is 4.90 Å². The average molecular weight is 196 g/mol. The highest BCUT2D eigenvalue weighted by Crippen LogP contribution is 2.01. The van der Waals surface area contributed by atoms with Crippen LogP contribution in [0.2, 0.25) is 0 Å². The maximum Gasteiger partial charge on any atom is 0.0622 e. The molecule has 82 valence electrons. The van der Waals surface area contributed by atoms with Gasteiger partial charge in [0.05, 0.1) is 6.07 Å². The second-order valence-electron chi connectivity index (χ2n) is 3.81. The molecule has 0 unspecified atom stereocenters. The highest BCUT2D eigenvalue weighted by atomic mass is 15.1. The fraction of sp³-hybridized carbons (Fsp3) is 0.917. The summed E-state index contributed by atoms with van der Waals surface area (Å²) < 4.78 is 0. The first kappa shape index (κ1) is 13.4. The van der Waals surface area contributed by atoms with Gasteiger partial charge in [0.15, 0.2) is 0 Å². The van der Waals surface area contributed by atoms with E-state index in [1.54, 1.807) is 0 Å². The molecule has 0 atom stereocenters. The third-order valence-electron chi connectivity index (χ3n) is 2.42. The summed E-state index contributed by atoms with van der Waals surface area (Å²) in [5.41, 5.74) is 0. The number of rotatable bonds is 9. The van der Waals surface area contributed by atoms with E-state index < -0.39 is 0 Å². The molecule has 0 aromatic rings. The quantitative estimate of drug-likeness (QED) is 0.529. The van der Waals surface area contributed by atoms with E-state index in [1.807, 2.05) is 0 Å². The molecule has 0 aliphatic rings. The van der Waals surface area contributed by atoms with Crippen molar-refractivity contribution in [2.45, 2.75) is 52.4 Å². The van der Waals surface area contributed by atoms with Crippen molar-refractivity contribution in [1.82, 2.24) is 4.90 Å². The monoisotopic (exact) mass is 196 g/mol. The SMILES string of the molecule is CCCCN(CCCC)CCCC#N. The Morgan fingerprint density at radius 2 is 1.43 bits per heavy atom. The van der Waals surface area contributed by atoms with Gasteiger partial charge in [0.2, 0.25) is 0 Å². The van der Waals surface area contributed by atoms with Crippen molar-refractivity contribution < 1.29 is 0 Å². The summed E-state index contributed by atoms with van der Waals surface area (Å²) in [7, 11) is 0. The second-order valence-corrected chi connectivity index (χ2v) is 3.81. The van der Waals surface area contributed by atoms with Crippen LogP contribution in [0, 0.1) is 11.3 Å². The molecule has 14 heavy (non-hydrogen) atoms. The molecule has 0 saturated heterocycles. The minimum absolute atomic E-state index is 0.703. The fourth-order valence-electron chi connectivity index (χ4n) is 1.48. The summed E-state index contributed by atoms with van der Waals surface area (Å²) in [6.45, 7) is 7.98. The molecule has 2 nitrogen and oxygen atoms in total. The van der Waals surface area contributed by atoms with Crippen LogP contribution in [-0.4, -0.2) is 24.5 Å². The normalized spacial score (nSPS) is 10.4. The largest absolute Gasteiger partial charge is 0.303 e. The van der Waals surface area contributed by atoms with E-state index in [2.05, 4.69) is 24.8 Å². The molecular weight excluding hydrogens is 172 g/mol. The molecule has 0 saturated carbocycles. The molecule has 0 spiro atoms. The van der Waals surface area contributed by atoms with Crippen LogP contribution in [0.5, 0.6) is 0 Å². The van der Waals surface area contributed by atoms with E-state index in [4.69, 9.17) is 5.26 Å². The van der Waals surface area contributed by atoms with Gasteiger partial charge in [-0.1, -0.05) is 26.7 Å². The summed E-state index contributed by atoms with van der Waals surface area (Å²) in [4.78, 5) is 2.50. The van der Waals surface area contributed by atoms with Gasteiger partial charge in [-0.25, -0.2) is 0 Å². The van der Waals surface area contributed by atoms with E-state index in [9.17, 15) is 0 Å². The van der Waals surface area contributed by atoms with E-state index >= 15 is 0 Å². The summed E-state index contributed by atoms with van der Waals surface area (Å²) in [5.74, 6) is 0. The molecule has 0 fully saturated rings. The van der Waals surface area contributed by atoms with Gasteiger partial charge in [-0.2, -0.15) is 5.26 Å². The summed E-state index contributed by atoms with van der Waals surface area (Å²) in [5, 5.41) is 8.46. The molecule has 0 rings (SSSR count). The molecule has 0 amide bonds. The minimum atomic E-state index is 0.703. The van der Waals surface area contributed by atoms with Crippen molar-refractivity contribution in [1.29, 1.82) is 5.26 Å². The van der Waals surface area contributed by atoms with E-state index in [1.165, 1.54) is 38.8 Å². The molecule has 0 aliphatic carbocycles. The summed E-state index contributed by atoms with van der Waals surface area (Å²) >= 11 is 0. The summed E-state index contributed by atoms with van der Waals surface area (Å²) in [6, 6.07) is 2.21.